The molecule has 1 fully saturated rings. The molecule has 1 heterocycles. The van der Waals surface area contributed by atoms with Gasteiger partial charge in [-0.3, -0.25) is 0 Å². The molecule has 3 nitrogen and oxygen atoms in total. The van der Waals surface area contributed by atoms with E-state index >= 15 is 0 Å². The van der Waals surface area contributed by atoms with Crippen molar-refractivity contribution in [3.05, 3.63) is 0 Å². The number of rotatable bonds is 0. The van der Waals surface area contributed by atoms with Crippen LogP contribution >= 0.6 is 0 Å². The number of hydrogen-bond acceptors (Lipinski definition) is 3. The molecule has 0 aromatic rings. The first-order chi connectivity index (χ1) is 3.79. The molecular formula is C4H10BNaO3. The van der Waals surface area contributed by atoms with E-state index in [1.54, 1.807) is 0 Å². The van der Waals surface area contributed by atoms with Gasteiger partial charge in [0, 0.05) is 12.7 Å². The molecule has 0 radical (unpaired) electrons. The molecule has 1 rings (SSSR count). The van der Waals surface area contributed by atoms with Crippen molar-refractivity contribution in [2.24, 2.45) is 0 Å². The van der Waals surface area contributed by atoms with Crippen molar-refractivity contribution < 1.29 is 14.3 Å². The van der Waals surface area contributed by atoms with Crippen LogP contribution in [0.4, 0.5) is 0 Å². The molecule has 1 N–H and O–H groups in total. The Bertz CT molecular complexity index is 74.2. The summed E-state index contributed by atoms with van der Waals surface area (Å²) in [5, 5.41) is 8.64. The second kappa shape index (κ2) is 4.71. The molecule has 1 unspecified atom stereocenters. The molecule has 0 aromatic carbocycles. The first-order valence-electron chi connectivity index (χ1n) is 2.74. The summed E-state index contributed by atoms with van der Waals surface area (Å²) in [6.07, 6.45) is 1.01. The summed E-state index contributed by atoms with van der Waals surface area (Å²) in [5.41, 5.74) is 0. The topological polar surface area (TPSA) is 38.7 Å². The van der Waals surface area contributed by atoms with Crippen LogP contribution in [-0.2, 0) is 9.31 Å². The average molecular weight is 140 g/mol. The Hall–Kier alpha value is 0.945. The quantitative estimate of drug-likeness (QED) is 0.445. The van der Waals surface area contributed by atoms with Gasteiger partial charge in [-0.1, -0.05) is 0 Å². The molecule has 48 valence electrons. The van der Waals surface area contributed by atoms with Crippen LogP contribution < -0.4 is 0 Å². The maximum atomic E-state index is 8.64. The van der Waals surface area contributed by atoms with Gasteiger partial charge in [0.15, 0.2) is 0 Å². The Balaban J connectivity index is 0.000000640. The van der Waals surface area contributed by atoms with Crippen LogP contribution in [0.25, 0.3) is 0 Å². The van der Waals surface area contributed by atoms with Gasteiger partial charge in [-0.05, 0) is 13.3 Å². The molecule has 0 spiro atoms. The standard InChI is InChI=1S/C4H9BO3.Na.H/c1-4-2-3-7-5(6)8-4;;/h4,6H,2-3H2,1H3;;. The van der Waals surface area contributed by atoms with Crippen molar-refractivity contribution in [1.29, 1.82) is 0 Å². The summed E-state index contributed by atoms with van der Waals surface area (Å²) in [4.78, 5) is 0. The Morgan fingerprint density at radius 2 is 2.33 bits per heavy atom. The minimum atomic E-state index is -0.987. The molecule has 0 aliphatic carbocycles. The summed E-state index contributed by atoms with van der Waals surface area (Å²) in [5.74, 6) is 0. The van der Waals surface area contributed by atoms with Gasteiger partial charge in [-0.25, -0.2) is 0 Å². The first-order valence-corrected chi connectivity index (χ1v) is 2.74. The molecule has 1 atom stereocenters. The summed E-state index contributed by atoms with van der Waals surface area (Å²) in [6, 6.07) is 0. The average Bonchev–Trinajstić information content (AvgIpc) is 1.64. The maximum absolute atomic E-state index is 8.64. The third-order valence-corrected chi connectivity index (χ3v) is 1.13. The number of hydrogen-bond donors (Lipinski definition) is 1. The van der Waals surface area contributed by atoms with Crippen molar-refractivity contribution in [3.63, 3.8) is 0 Å². The Labute approximate surface area is 77.2 Å². The molecule has 9 heavy (non-hydrogen) atoms. The van der Waals surface area contributed by atoms with Gasteiger partial charge in [0.1, 0.15) is 0 Å². The molecule has 0 bridgehead atoms. The van der Waals surface area contributed by atoms with Gasteiger partial charge >= 0.3 is 36.9 Å². The third kappa shape index (κ3) is 3.60. The van der Waals surface area contributed by atoms with Crippen LogP contribution in [-0.4, -0.2) is 54.6 Å². The van der Waals surface area contributed by atoms with E-state index in [9.17, 15) is 0 Å². The van der Waals surface area contributed by atoms with Gasteiger partial charge in [-0.2, -0.15) is 0 Å². The van der Waals surface area contributed by atoms with E-state index in [1.165, 1.54) is 0 Å². The van der Waals surface area contributed by atoms with Gasteiger partial charge in [-0.15, -0.1) is 0 Å². The molecular weight excluding hydrogens is 130 g/mol. The summed E-state index contributed by atoms with van der Waals surface area (Å²) < 4.78 is 9.50. The molecule has 0 amide bonds. The zero-order chi connectivity index (χ0) is 5.98. The monoisotopic (exact) mass is 140 g/mol. The van der Waals surface area contributed by atoms with Gasteiger partial charge in [0.05, 0.1) is 0 Å². The molecule has 1 saturated heterocycles. The van der Waals surface area contributed by atoms with Crippen LogP contribution in [0.15, 0.2) is 0 Å². The van der Waals surface area contributed by atoms with Crippen LogP contribution in [0.3, 0.4) is 0 Å². The Morgan fingerprint density at radius 1 is 1.67 bits per heavy atom. The summed E-state index contributed by atoms with van der Waals surface area (Å²) in [6.45, 7) is 2.51. The van der Waals surface area contributed by atoms with Gasteiger partial charge in [0.2, 0.25) is 0 Å². The van der Waals surface area contributed by atoms with E-state index in [2.05, 4.69) is 4.65 Å². The fraction of sp³-hybridized carbons (Fsp3) is 1.00. The van der Waals surface area contributed by atoms with Crippen molar-refractivity contribution in [1.82, 2.24) is 0 Å². The van der Waals surface area contributed by atoms with Crippen LogP contribution in [0.2, 0.25) is 0 Å². The summed E-state index contributed by atoms with van der Waals surface area (Å²) in [7, 11) is -0.987. The Kier molecular flexibility index (Phi) is 5.21. The van der Waals surface area contributed by atoms with Crippen LogP contribution in [0.5, 0.6) is 0 Å². The second-order valence-electron chi connectivity index (χ2n) is 1.91. The van der Waals surface area contributed by atoms with Crippen molar-refractivity contribution in [3.8, 4) is 0 Å². The molecule has 0 aromatic heterocycles. The minimum absolute atomic E-state index is 0. The van der Waals surface area contributed by atoms with Crippen LogP contribution in [0.1, 0.15) is 13.3 Å². The first kappa shape index (κ1) is 9.94. The van der Waals surface area contributed by atoms with Crippen molar-refractivity contribution >= 4 is 36.9 Å². The van der Waals surface area contributed by atoms with Crippen molar-refractivity contribution in [2.45, 2.75) is 19.4 Å². The van der Waals surface area contributed by atoms with Gasteiger partial charge < -0.3 is 14.3 Å². The zero-order valence-electron chi connectivity index (χ0n) is 4.83. The van der Waals surface area contributed by atoms with E-state index in [-0.39, 0.29) is 35.7 Å². The van der Waals surface area contributed by atoms with E-state index in [4.69, 9.17) is 9.68 Å². The second-order valence-corrected chi connectivity index (χ2v) is 1.91. The fourth-order valence-corrected chi connectivity index (χ4v) is 0.641. The van der Waals surface area contributed by atoms with E-state index < -0.39 is 7.32 Å². The van der Waals surface area contributed by atoms with E-state index in [1.807, 2.05) is 6.92 Å². The molecule has 5 heteroatoms. The zero-order valence-corrected chi connectivity index (χ0v) is 4.83. The summed E-state index contributed by atoms with van der Waals surface area (Å²) >= 11 is 0. The van der Waals surface area contributed by atoms with E-state index in [0.29, 0.717) is 6.61 Å². The van der Waals surface area contributed by atoms with Crippen molar-refractivity contribution in [2.75, 3.05) is 6.61 Å². The Morgan fingerprint density at radius 3 is 2.67 bits per heavy atom. The van der Waals surface area contributed by atoms with Gasteiger partial charge in [0.25, 0.3) is 0 Å². The predicted octanol–water partition coefficient (Wildman–Crippen LogP) is -0.860. The van der Waals surface area contributed by atoms with Crippen LogP contribution in [0, 0.1) is 0 Å². The predicted molar refractivity (Wildman–Crippen MR) is 36.2 cm³/mol. The molecule has 0 saturated carbocycles. The SMILES string of the molecule is CC1CCOB(O)O1.[NaH]. The normalized spacial score (nSPS) is 27.3. The third-order valence-electron chi connectivity index (χ3n) is 1.13. The molecule has 1 aliphatic heterocycles. The fourth-order valence-electron chi connectivity index (χ4n) is 0.641. The molecule has 1 aliphatic rings. The van der Waals surface area contributed by atoms with E-state index in [0.717, 1.165) is 6.42 Å².